The number of hydrogen-bond acceptors (Lipinski definition) is 5. The van der Waals surface area contributed by atoms with E-state index in [1.54, 1.807) is 0 Å². The Kier molecular flexibility index (Phi) is 10.5. The monoisotopic (exact) mass is 398 g/mol. The summed E-state index contributed by atoms with van der Waals surface area (Å²) in [4.78, 5) is 25.2. The summed E-state index contributed by atoms with van der Waals surface area (Å²) in [6, 6.07) is 0. The number of carbonyl (C=O) groups excluding carboxylic acids is 2. The molecule has 0 aromatic carbocycles. The van der Waals surface area contributed by atoms with Gasteiger partial charge in [-0.1, -0.05) is 60.8 Å². The zero-order valence-corrected chi connectivity index (χ0v) is 18.8. The maximum Gasteiger partial charge on any atom is 0.312 e. The fourth-order valence-electron chi connectivity index (χ4n) is 4.97. The Morgan fingerprint density at radius 1 is 1.00 bits per heavy atom. The van der Waals surface area contributed by atoms with Crippen LogP contribution in [0, 0.1) is 29.1 Å². The average molecular weight is 399 g/mol. The molecule has 1 aliphatic rings. The van der Waals surface area contributed by atoms with E-state index in [2.05, 4.69) is 6.92 Å². The molecule has 0 saturated heterocycles. The molecule has 5 nitrogen and oxygen atoms in total. The van der Waals surface area contributed by atoms with E-state index in [9.17, 15) is 14.7 Å². The van der Waals surface area contributed by atoms with Crippen LogP contribution in [-0.2, 0) is 19.1 Å². The van der Waals surface area contributed by atoms with E-state index in [1.807, 2.05) is 34.6 Å². The van der Waals surface area contributed by atoms with Crippen molar-refractivity contribution in [2.24, 2.45) is 29.1 Å². The molecule has 5 heteroatoms. The summed E-state index contributed by atoms with van der Waals surface area (Å²) in [5.74, 6) is 0.126. The van der Waals surface area contributed by atoms with Gasteiger partial charge in [0.1, 0.15) is 19.3 Å². The molecule has 1 saturated carbocycles. The Labute approximate surface area is 171 Å². The van der Waals surface area contributed by atoms with E-state index >= 15 is 0 Å². The fourth-order valence-corrected chi connectivity index (χ4v) is 4.97. The molecule has 28 heavy (non-hydrogen) atoms. The lowest BCUT2D eigenvalue weighted by atomic mass is 9.67. The molecule has 1 fully saturated rings. The summed E-state index contributed by atoms with van der Waals surface area (Å²) in [6.07, 6.45) is 6.00. The first-order valence-corrected chi connectivity index (χ1v) is 11.2. The second-order valence-electron chi connectivity index (χ2n) is 9.03. The summed E-state index contributed by atoms with van der Waals surface area (Å²) in [5, 5.41) is 10.2. The van der Waals surface area contributed by atoms with Gasteiger partial charge in [-0.15, -0.1) is 0 Å². The van der Waals surface area contributed by atoms with Gasteiger partial charge in [0.15, 0.2) is 0 Å². The normalized spacial score (nSPS) is 21.6. The van der Waals surface area contributed by atoms with E-state index in [0.717, 1.165) is 32.1 Å². The van der Waals surface area contributed by atoms with Crippen molar-refractivity contribution in [3.05, 3.63) is 0 Å². The van der Waals surface area contributed by atoms with Crippen molar-refractivity contribution in [2.75, 3.05) is 13.2 Å². The molecular weight excluding hydrogens is 356 g/mol. The first-order chi connectivity index (χ1) is 13.2. The van der Waals surface area contributed by atoms with Crippen LogP contribution >= 0.6 is 0 Å². The Morgan fingerprint density at radius 3 is 2.11 bits per heavy atom. The second-order valence-corrected chi connectivity index (χ2v) is 9.03. The predicted octanol–water partition coefficient (Wildman–Crippen LogP) is 4.75. The highest BCUT2D eigenvalue weighted by atomic mass is 16.6. The van der Waals surface area contributed by atoms with Crippen LogP contribution in [0.5, 0.6) is 0 Å². The minimum atomic E-state index is -0.991. The topological polar surface area (TPSA) is 72.8 Å². The van der Waals surface area contributed by atoms with Crippen molar-refractivity contribution in [3.63, 3.8) is 0 Å². The Morgan fingerprint density at radius 2 is 1.57 bits per heavy atom. The van der Waals surface area contributed by atoms with E-state index < -0.39 is 11.5 Å². The molecule has 0 aromatic heterocycles. The summed E-state index contributed by atoms with van der Waals surface area (Å²) in [5.41, 5.74) is -0.564. The van der Waals surface area contributed by atoms with Crippen LogP contribution < -0.4 is 0 Å². The number of aliphatic hydroxyl groups excluding tert-OH is 1. The van der Waals surface area contributed by atoms with Gasteiger partial charge in [-0.25, -0.2) is 0 Å². The van der Waals surface area contributed by atoms with Crippen LogP contribution in [0.1, 0.15) is 86.5 Å². The Bertz CT molecular complexity index is 475. The van der Waals surface area contributed by atoms with Crippen molar-refractivity contribution < 1.29 is 24.2 Å². The predicted molar refractivity (Wildman–Crippen MR) is 111 cm³/mol. The highest BCUT2D eigenvalue weighted by Gasteiger charge is 2.44. The molecule has 0 aliphatic heterocycles. The quantitative estimate of drug-likeness (QED) is 0.509. The van der Waals surface area contributed by atoms with Gasteiger partial charge >= 0.3 is 11.9 Å². The third kappa shape index (κ3) is 6.20. The summed E-state index contributed by atoms with van der Waals surface area (Å²) >= 11 is 0. The average Bonchev–Trinajstić information content (AvgIpc) is 2.65. The zero-order valence-electron chi connectivity index (χ0n) is 18.8. The third-order valence-electron chi connectivity index (χ3n) is 6.72. The molecule has 164 valence electrons. The smallest absolute Gasteiger partial charge is 0.312 e. The van der Waals surface area contributed by atoms with Crippen molar-refractivity contribution >= 4 is 11.9 Å². The standard InChI is InChI=1S/C23H42O5/c1-7-11-18-12-9-10-13-20(18)21(25)27-14-19(24)15-28-22(26)23(8-2,16(3)4)17(5)6/h16-20,24H,7-15H2,1-6H3. The van der Waals surface area contributed by atoms with Crippen molar-refractivity contribution in [1.29, 1.82) is 0 Å². The minimum absolute atomic E-state index is 0.0573. The second kappa shape index (κ2) is 11.8. The Hall–Kier alpha value is -1.10. The lowest BCUT2D eigenvalue weighted by Gasteiger charge is -2.38. The van der Waals surface area contributed by atoms with E-state index in [4.69, 9.17) is 9.47 Å². The number of esters is 2. The van der Waals surface area contributed by atoms with Gasteiger partial charge < -0.3 is 14.6 Å². The molecule has 1 aliphatic carbocycles. The van der Waals surface area contributed by atoms with Gasteiger partial charge in [-0.05, 0) is 43.4 Å². The van der Waals surface area contributed by atoms with Crippen LogP contribution in [0.4, 0.5) is 0 Å². The molecule has 3 unspecified atom stereocenters. The molecular formula is C23H42O5. The van der Waals surface area contributed by atoms with Gasteiger partial charge in [0, 0.05) is 0 Å². The first kappa shape index (κ1) is 24.9. The first-order valence-electron chi connectivity index (χ1n) is 11.2. The molecule has 0 amide bonds. The molecule has 3 atom stereocenters. The Balaban J connectivity index is 2.52. The maximum absolute atomic E-state index is 12.7. The van der Waals surface area contributed by atoms with Crippen molar-refractivity contribution in [3.8, 4) is 0 Å². The van der Waals surface area contributed by atoms with Crippen LogP contribution in [0.2, 0.25) is 0 Å². The number of aliphatic hydroxyl groups is 1. The fraction of sp³-hybridized carbons (Fsp3) is 0.913. The molecule has 1 rings (SSSR count). The summed E-state index contributed by atoms with van der Waals surface area (Å²) in [7, 11) is 0. The van der Waals surface area contributed by atoms with Gasteiger partial charge in [0.25, 0.3) is 0 Å². The van der Waals surface area contributed by atoms with Crippen LogP contribution in [0.25, 0.3) is 0 Å². The van der Waals surface area contributed by atoms with E-state index in [-0.39, 0.29) is 42.9 Å². The molecule has 0 spiro atoms. The highest BCUT2D eigenvalue weighted by Crippen LogP contribution is 2.40. The highest BCUT2D eigenvalue weighted by molar-refractivity contribution is 5.77. The lowest BCUT2D eigenvalue weighted by molar-refractivity contribution is -0.168. The van der Waals surface area contributed by atoms with Crippen LogP contribution in [-0.4, -0.2) is 36.4 Å². The minimum Gasteiger partial charge on any atom is -0.463 e. The molecule has 1 N–H and O–H groups in total. The summed E-state index contributed by atoms with van der Waals surface area (Å²) < 4.78 is 10.8. The van der Waals surface area contributed by atoms with Crippen molar-refractivity contribution in [2.45, 2.75) is 92.6 Å². The van der Waals surface area contributed by atoms with Gasteiger partial charge in [-0.2, -0.15) is 0 Å². The number of rotatable bonds is 11. The van der Waals surface area contributed by atoms with E-state index in [1.165, 1.54) is 6.42 Å². The van der Waals surface area contributed by atoms with Gasteiger partial charge in [-0.3, -0.25) is 9.59 Å². The molecule has 0 radical (unpaired) electrons. The van der Waals surface area contributed by atoms with Crippen LogP contribution in [0.3, 0.4) is 0 Å². The number of carbonyl (C=O) groups is 2. The van der Waals surface area contributed by atoms with Gasteiger partial charge in [0.05, 0.1) is 11.3 Å². The maximum atomic E-state index is 12.7. The third-order valence-corrected chi connectivity index (χ3v) is 6.72. The largest absolute Gasteiger partial charge is 0.463 e. The van der Waals surface area contributed by atoms with Crippen molar-refractivity contribution in [1.82, 2.24) is 0 Å². The number of hydrogen-bond donors (Lipinski definition) is 1. The SMILES string of the molecule is CCCC1CCCCC1C(=O)OCC(O)COC(=O)C(CC)(C(C)C)C(C)C. The van der Waals surface area contributed by atoms with E-state index in [0.29, 0.717) is 12.3 Å². The molecule has 0 heterocycles. The zero-order chi connectivity index (χ0) is 21.3. The van der Waals surface area contributed by atoms with Crippen LogP contribution in [0.15, 0.2) is 0 Å². The lowest BCUT2D eigenvalue weighted by Crippen LogP contribution is -2.43. The summed E-state index contributed by atoms with van der Waals surface area (Å²) in [6.45, 7) is 12.0. The molecule has 0 aromatic rings. The number of ether oxygens (including phenoxy) is 2. The van der Waals surface area contributed by atoms with Gasteiger partial charge in [0.2, 0.25) is 0 Å². The molecule has 0 bridgehead atoms.